The van der Waals surface area contributed by atoms with Crippen LogP contribution in [0.2, 0.25) is 0 Å². The minimum Gasteiger partial charge on any atom is -0.481 e. The number of carboxylic acid groups (broad SMARTS) is 1. The van der Waals surface area contributed by atoms with Gasteiger partial charge in [0.1, 0.15) is 5.75 Å². The highest BCUT2D eigenvalue weighted by Crippen LogP contribution is 2.29. The molecule has 3 rings (SSSR count). The summed E-state index contributed by atoms with van der Waals surface area (Å²) in [5, 5.41) is 11.1. The second kappa shape index (κ2) is 14.3. The molecule has 0 radical (unpaired) electrons. The van der Waals surface area contributed by atoms with Crippen molar-refractivity contribution in [1.29, 1.82) is 0 Å². The Kier molecular flexibility index (Phi) is 11.5. The molecule has 3 aromatic rings. The van der Waals surface area contributed by atoms with Gasteiger partial charge in [0.2, 0.25) is 0 Å². The van der Waals surface area contributed by atoms with Crippen LogP contribution < -0.4 is 10.1 Å². The second-order valence-corrected chi connectivity index (χ2v) is 8.73. The zero-order valence-corrected chi connectivity index (χ0v) is 22.4. The molecule has 41 heavy (non-hydrogen) atoms. The Balaban J connectivity index is 0.000000408. The number of hydrogen-bond acceptors (Lipinski definition) is 4. The average Bonchev–Trinajstić information content (AvgIpc) is 2.88. The number of nitrogens with one attached hydrogen (secondary N) is 1. The summed E-state index contributed by atoms with van der Waals surface area (Å²) in [5.41, 5.74) is 2.53. The number of rotatable bonds is 8. The van der Waals surface area contributed by atoms with Crippen LogP contribution in [0, 0.1) is 6.92 Å². The van der Waals surface area contributed by atoms with Gasteiger partial charge in [0, 0.05) is 17.8 Å². The number of amides is 1. The van der Waals surface area contributed by atoms with Crippen molar-refractivity contribution >= 4 is 23.3 Å². The Morgan fingerprint density at radius 2 is 1.61 bits per heavy atom. The van der Waals surface area contributed by atoms with Gasteiger partial charge in [-0.3, -0.25) is 14.6 Å². The summed E-state index contributed by atoms with van der Waals surface area (Å²) >= 11 is 0. The standard InChI is InChI=1S/C20H19F3N2O4.C9H9F3/c1-12-6-7-15(19(28)24-9-8-18(26)27)11-17(12)25-13(2)14-4-3-5-16(10-14)29-20(21,22)23;1-2-7-4-3-5-8(6-7)9(10,11)12/h3-7,10-11H,8-9H2,1-2H3,(H,24,28)(H,26,27);3-6H,2H2,1H3. The Morgan fingerprint density at radius 3 is 2.22 bits per heavy atom. The highest BCUT2D eigenvalue weighted by molar-refractivity contribution is 6.01. The van der Waals surface area contributed by atoms with Gasteiger partial charge in [-0.1, -0.05) is 43.3 Å². The van der Waals surface area contributed by atoms with Crippen LogP contribution in [0.1, 0.15) is 52.9 Å². The highest BCUT2D eigenvalue weighted by atomic mass is 19.4. The molecule has 0 bridgehead atoms. The van der Waals surface area contributed by atoms with Gasteiger partial charge in [0.25, 0.3) is 5.91 Å². The first kappa shape index (κ1) is 32.9. The SMILES string of the molecule is CC(=Nc1cc(C(=O)NCCC(=O)O)ccc1C)c1cccc(OC(F)(F)F)c1.CCc1cccc(C(F)(F)F)c1. The summed E-state index contributed by atoms with van der Waals surface area (Å²) in [5.74, 6) is -1.82. The number of aryl methyl sites for hydroxylation is 2. The lowest BCUT2D eigenvalue weighted by Gasteiger charge is -2.11. The number of hydrogen-bond donors (Lipinski definition) is 2. The van der Waals surface area contributed by atoms with Gasteiger partial charge < -0.3 is 15.2 Å². The number of aliphatic imine (C=N–C) groups is 1. The van der Waals surface area contributed by atoms with E-state index in [-0.39, 0.29) is 18.7 Å². The molecule has 3 aromatic carbocycles. The van der Waals surface area contributed by atoms with Crippen molar-refractivity contribution in [2.75, 3.05) is 6.54 Å². The van der Waals surface area contributed by atoms with Crippen molar-refractivity contribution in [3.63, 3.8) is 0 Å². The third-order valence-electron chi connectivity index (χ3n) is 5.53. The zero-order chi connectivity index (χ0) is 30.8. The molecule has 12 heteroatoms. The van der Waals surface area contributed by atoms with Crippen LogP contribution in [0.3, 0.4) is 0 Å². The molecule has 0 aliphatic heterocycles. The molecule has 0 aliphatic rings. The van der Waals surface area contributed by atoms with Gasteiger partial charge in [0.05, 0.1) is 17.7 Å². The van der Waals surface area contributed by atoms with Crippen LogP contribution in [-0.4, -0.2) is 35.6 Å². The quantitative estimate of drug-likeness (QED) is 0.213. The monoisotopic (exact) mass is 582 g/mol. The summed E-state index contributed by atoms with van der Waals surface area (Å²) < 4.78 is 77.4. The maximum Gasteiger partial charge on any atom is 0.573 e. The Morgan fingerprint density at radius 1 is 0.927 bits per heavy atom. The molecule has 0 aromatic heterocycles. The summed E-state index contributed by atoms with van der Waals surface area (Å²) in [4.78, 5) is 27.1. The van der Waals surface area contributed by atoms with Gasteiger partial charge >= 0.3 is 18.5 Å². The van der Waals surface area contributed by atoms with Gasteiger partial charge in [-0.15, -0.1) is 13.2 Å². The fourth-order valence-corrected chi connectivity index (χ4v) is 3.39. The van der Waals surface area contributed by atoms with Crippen LogP contribution in [-0.2, 0) is 17.4 Å². The molecule has 0 aliphatic carbocycles. The predicted molar refractivity (Wildman–Crippen MR) is 142 cm³/mol. The largest absolute Gasteiger partial charge is 0.573 e. The zero-order valence-electron chi connectivity index (χ0n) is 22.4. The summed E-state index contributed by atoms with van der Waals surface area (Å²) in [6.45, 7) is 5.23. The molecule has 0 heterocycles. The third kappa shape index (κ3) is 11.3. The topological polar surface area (TPSA) is 88.0 Å². The number of carbonyl (C=O) groups excluding carboxylic acids is 1. The fraction of sp³-hybridized carbons (Fsp3) is 0.276. The van der Waals surface area contributed by atoms with Gasteiger partial charge in [-0.25, -0.2) is 0 Å². The van der Waals surface area contributed by atoms with Gasteiger partial charge in [-0.05, 0) is 67.3 Å². The second-order valence-electron chi connectivity index (χ2n) is 8.73. The van der Waals surface area contributed by atoms with Crippen molar-refractivity contribution in [3.05, 3.63) is 94.5 Å². The molecule has 0 fully saturated rings. The van der Waals surface area contributed by atoms with Crippen molar-refractivity contribution < 1.29 is 45.8 Å². The molecule has 1 amide bonds. The molecule has 0 saturated carbocycles. The molecule has 0 atom stereocenters. The van der Waals surface area contributed by atoms with Crippen molar-refractivity contribution in [2.45, 2.75) is 46.2 Å². The highest BCUT2D eigenvalue weighted by Gasteiger charge is 2.31. The van der Waals surface area contributed by atoms with E-state index in [0.717, 1.165) is 11.6 Å². The Bertz CT molecular complexity index is 1380. The van der Waals surface area contributed by atoms with Crippen LogP contribution in [0.5, 0.6) is 5.75 Å². The summed E-state index contributed by atoms with van der Waals surface area (Å²) in [6.07, 6.45) is -8.57. The van der Waals surface area contributed by atoms with E-state index in [1.165, 1.54) is 36.4 Å². The Hall–Kier alpha value is -4.35. The van der Waals surface area contributed by atoms with E-state index in [9.17, 15) is 35.9 Å². The summed E-state index contributed by atoms with van der Waals surface area (Å²) in [7, 11) is 0. The number of carboxylic acids is 1. The lowest BCUT2D eigenvalue weighted by Crippen LogP contribution is -2.25. The predicted octanol–water partition coefficient (Wildman–Crippen LogP) is 7.51. The van der Waals surface area contributed by atoms with E-state index in [2.05, 4.69) is 15.0 Å². The molecule has 0 saturated heterocycles. The first-order valence-electron chi connectivity index (χ1n) is 12.3. The number of carbonyl (C=O) groups is 2. The first-order valence-corrected chi connectivity index (χ1v) is 12.3. The maximum absolute atomic E-state index is 12.4. The summed E-state index contributed by atoms with van der Waals surface area (Å²) in [6, 6.07) is 15.6. The number of halogens is 6. The van der Waals surface area contributed by atoms with Crippen LogP contribution in [0.4, 0.5) is 32.0 Å². The maximum atomic E-state index is 12.4. The molecule has 0 unspecified atom stereocenters. The lowest BCUT2D eigenvalue weighted by atomic mass is 10.1. The van der Waals surface area contributed by atoms with Crippen molar-refractivity contribution in [3.8, 4) is 5.75 Å². The minimum absolute atomic E-state index is 0.00826. The van der Waals surface area contributed by atoms with E-state index in [1.54, 1.807) is 38.1 Å². The average molecular weight is 583 g/mol. The van der Waals surface area contributed by atoms with E-state index in [4.69, 9.17) is 5.11 Å². The Labute approximate surface area is 232 Å². The fourth-order valence-electron chi connectivity index (χ4n) is 3.39. The molecular weight excluding hydrogens is 554 g/mol. The van der Waals surface area contributed by atoms with E-state index >= 15 is 0 Å². The van der Waals surface area contributed by atoms with Crippen molar-refractivity contribution in [1.82, 2.24) is 5.32 Å². The van der Waals surface area contributed by atoms with E-state index in [1.807, 2.05) is 6.92 Å². The number of ether oxygens (including phenoxy) is 1. The normalized spacial score (nSPS) is 11.8. The van der Waals surface area contributed by atoms with Gasteiger partial charge in [-0.2, -0.15) is 13.2 Å². The molecule has 2 N–H and O–H groups in total. The lowest BCUT2D eigenvalue weighted by molar-refractivity contribution is -0.274. The van der Waals surface area contributed by atoms with Crippen molar-refractivity contribution in [2.24, 2.45) is 4.99 Å². The van der Waals surface area contributed by atoms with E-state index < -0.39 is 30.0 Å². The number of benzene rings is 3. The number of alkyl halides is 6. The molecule has 6 nitrogen and oxygen atoms in total. The minimum atomic E-state index is -4.79. The molecule has 0 spiro atoms. The first-order chi connectivity index (χ1) is 19.1. The van der Waals surface area contributed by atoms with Crippen LogP contribution in [0.25, 0.3) is 0 Å². The smallest absolute Gasteiger partial charge is 0.481 e. The van der Waals surface area contributed by atoms with Gasteiger partial charge in [0.15, 0.2) is 0 Å². The third-order valence-corrected chi connectivity index (χ3v) is 5.53. The number of aliphatic carboxylic acids is 1. The van der Waals surface area contributed by atoms with Crippen LogP contribution in [0.15, 0.2) is 71.7 Å². The molecular formula is C29H28F6N2O4. The number of nitrogens with zero attached hydrogens (tertiary/aromatic N) is 1. The van der Waals surface area contributed by atoms with Crippen LogP contribution >= 0.6 is 0 Å². The molecule has 220 valence electrons. The van der Waals surface area contributed by atoms with E-state index in [0.29, 0.717) is 34.5 Å².